The molecule has 5 nitrogen and oxygen atoms in total. The average molecular weight is 173 g/mol. The van der Waals surface area contributed by atoms with Gasteiger partial charge in [-0.25, -0.2) is 0 Å². The zero-order chi connectivity index (χ0) is 9.40. The van der Waals surface area contributed by atoms with Crippen LogP contribution in [0.5, 0.6) is 0 Å². The van der Waals surface area contributed by atoms with E-state index in [2.05, 4.69) is 5.32 Å². The minimum atomic E-state index is -0.199. The van der Waals surface area contributed by atoms with Gasteiger partial charge in [0, 0.05) is 13.0 Å². The van der Waals surface area contributed by atoms with Crippen molar-refractivity contribution in [1.82, 2.24) is 5.32 Å². The van der Waals surface area contributed by atoms with Crippen molar-refractivity contribution in [3.63, 3.8) is 0 Å². The van der Waals surface area contributed by atoms with Crippen molar-refractivity contribution in [3.8, 4) is 0 Å². The molecule has 0 saturated carbocycles. The maximum atomic E-state index is 10.7. The van der Waals surface area contributed by atoms with Crippen molar-refractivity contribution in [1.29, 1.82) is 0 Å². The van der Waals surface area contributed by atoms with Gasteiger partial charge in [-0.15, -0.1) is 0 Å². The first-order valence-corrected chi connectivity index (χ1v) is 3.89. The molecule has 0 aromatic heterocycles. The van der Waals surface area contributed by atoms with Gasteiger partial charge in [0.15, 0.2) is 0 Å². The number of nitrogens with two attached hydrogens (primary N) is 2. The fraction of sp³-hybridized carbons (Fsp3) is 0.714. The predicted molar refractivity (Wildman–Crippen MR) is 45.4 cm³/mol. The number of Topliss-reactive ketones (excluding diaryl/α,β-unsaturated/α-hetero) is 1. The molecule has 5 heteroatoms. The van der Waals surface area contributed by atoms with Crippen molar-refractivity contribution >= 4 is 11.7 Å². The Kier molecular flexibility index (Phi) is 6.22. The molecule has 0 fully saturated rings. The predicted octanol–water partition coefficient (Wildman–Crippen LogP) is -1.63. The number of carbonyl (C=O) groups excluding carboxylic acids is 2. The second kappa shape index (κ2) is 6.75. The van der Waals surface area contributed by atoms with Crippen LogP contribution in [0.25, 0.3) is 0 Å². The maximum Gasteiger partial charge on any atom is 0.233 e. The Hall–Kier alpha value is -0.940. The molecule has 0 spiro atoms. The summed E-state index contributed by atoms with van der Waals surface area (Å²) >= 11 is 0. The van der Waals surface area contributed by atoms with Crippen molar-refractivity contribution in [3.05, 3.63) is 0 Å². The monoisotopic (exact) mass is 173 g/mol. The lowest BCUT2D eigenvalue weighted by atomic mass is 10.2. The lowest BCUT2D eigenvalue weighted by molar-refractivity contribution is -0.120. The van der Waals surface area contributed by atoms with Gasteiger partial charge in [0.1, 0.15) is 5.78 Å². The highest BCUT2D eigenvalue weighted by Gasteiger charge is 1.99. The van der Waals surface area contributed by atoms with Crippen molar-refractivity contribution in [2.75, 3.05) is 19.6 Å². The summed E-state index contributed by atoms with van der Waals surface area (Å²) < 4.78 is 0. The number of amides is 1. The molecule has 12 heavy (non-hydrogen) atoms. The number of hydrogen-bond donors (Lipinski definition) is 3. The van der Waals surface area contributed by atoms with Gasteiger partial charge in [-0.05, 0) is 6.42 Å². The molecule has 0 radical (unpaired) electrons. The van der Waals surface area contributed by atoms with Crippen LogP contribution >= 0.6 is 0 Å². The van der Waals surface area contributed by atoms with E-state index in [0.29, 0.717) is 19.4 Å². The molecule has 0 saturated heterocycles. The zero-order valence-electron chi connectivity index (χ0n) is 7.01. The number of nitrogens with one attached hydrogen (secondary N) is 1. The van der Waals surface area contributed by atoms with E-state index in [-0.39, 0.29) is 24.8 Å². The molecule has 0 aliphatic heterocycles. The molecular formula is C7H15N3O2. The Morgan fingerprint density at radius 1 is 1.17 bits per heavy atom. The maximum absolute atomic E-state index is 10.7. The molecular weight excluding hydrogens is 158 g/mol. The molecule has 0 heterocycles. The molecule has 70 valence electrons. The minimum Gasteiger partial charge on any atom is -0.355 e. The molecule has 1 amide bonds. The zero-order valence-corrected chi connectivity index (χ0v) is 7.01. The van der Waals surface area contributed by atoms with Crippen LogP contribution in [-0.4, -0.2) is 31.3 Å². The first-order valence-electron chi connectivity index (χ1n) is 3.89. The van der Waals surface area contributed by atoms with Crippen molar-refractivity contribution in [2.45, 2.75) is 12.8 Å². The highest BCUT2D eigenvalue weighted by molar-refractivity contribution is 5.80. The van der Waals surface area contributed by atoms with Crippen LogP contribution in [0.3, 0.4) is 0 Å². The van der Waals surface area contributed by atoms with Gasteiger partial charge < -0.3 is 16.8 Å². The summed E-state index contributed by atoms with van der Waals surface area (Å²) in [4.78, 5) is 21.2. The van der Waals surface area contributed by atoms with E-state index in [0.717, 1.165) is 0 Å². The molecule has 0 rings (SSSR count). The van der Waals surface area contributed by atoms with Crippen LogP contribution in [0, 0.1) is 0 Å². The summed E-state index contributed by atoms with van der Waals surface area (Å²) in [5.74, 6) is -0.188. The molecule has 0 aliphatic rings. The van der Waals surface area contributed by atoms with Gasteiger partial charge in [0.2, 0.25) is 5.91 Å². The van der Waals surface area contributed by atoms with E-state index < -0.39 is 0 Å². The third-order valence-corrected chi connectivity index (χ3v) is 1.37. The summed E-state index contributed by atoms with van der Waals surface area (Å²) in [5, 5.41) is 2.55. The van der Waals surface area contributed by atoms with E-state index in [1.165, 1.54) is 0 Å². The van der Waals surface area contributed by atoms with E-state index >= 15 is 0 Å². The average Bonchev–Trinajstić information content (AvgIpc) is 2.11. The second-order valence-corrected chi connectivity index (χ2v) is 2.40. The molecule has 0 aromatic carbocycles. The summed E-state index contributed by atoms with van der Waals surface area (Å²) in [6, 6.07) is 0. The Morgan fingerprint density at radius 3 is 2.33 bits per heavy atom. The third-order valence-electron chi connectivity index (χ3n) is 1.37. The number of ketones is 1. The summed E-state index contributed by atoms with van der Waals surface area (Å²) in [6.45, 7) is 0.553. The Balaban J connectivity index is 3.21. The van der Waals surface area contributed by atoms with E-state index in [1.807, 2.05) is 0 Å². The van der Waals surface area contributed by atoms with Gasteiger partial charge in [-0.1, -0.05) is 0 Å². The second-order valence-electron chi connectivity index (χ2n) is 2.40. The molecule has 0 aliphatic carbocycles. The van der Waals surface area contributed by atoms with Crippen LogP contribution in [0.15, 0.2) is 0 Å². The molecule has 0 aromatic rings. The fourth-order valence-corrected chi connectivity index (χ4v) is 0.688. The Morgan fingerprint density at radius 2 is 1.83 bits per heavy atom. The van der Waals surface area contributed by atoms with E-state index in [4.69, 9.17) is 11.5 Å². The molecule has 0 atom stereocenters. The summed E-state index contributed by atoms with van der Waals surface area (Å²) in [5.41, 5.74) is 10.1. The lowest BCUT2D eigenvalue weighted by Crippen LogP contribution is -2.31. The van der Waals surface area contributed by atoms with E-state index in [9.17, 15) is 9.59 Å². The number of carbonyl (C=O) groups is 2. The largest absolute Gasteiger partial charge is 0.355 e. The lowest BCUT2D eigenvalue weighted by Gasteiger charge is -2.01. The minimum absolute atomic E-state index is 0.00909. The third kappa shape index (κ3) is 5.82. The van der Waals surface area contributed by atoms with Crippen LogP contribution in [-0.2, 0) is 9.59 Å². The van der Waals surface area contributed by atoms with E-state index in [1.54, 1.807) is 0 Å². The summed E-state index contributed by atoms with van der Waals surface area (Å²) in [6.07, 6.45) is 1.04. The van der Waals surface area contributed by atoms with Gasteiger partial charge in [-0.2, -0.15) is 0 Å². The summed E-state index contributed by atoms with van der Waals surface area (Å²) in [7, 11) is 0. The SMILES string of the molecule is NCC(=O)CCCNC(=O)CN. The standard InChI is InChI=1S/C7H15N3O2/c8-4-6(11)2-1-3-10-7(12)5-9/h1-5,8-9H2,(H,10,12). The Bertz CT molecular complexity index is 141. The number of hydrogen-bond acceptors (Lipinski definition) is 4. The highest BCUT2D eigenvalue weighted by atomic mass is 16.1. The topological polar surface area (TPSA) is 98.2 Å². The van der Waals surface area contributed by atoms with Gasteiger partial charge in [0.25, 0.3) is 0 Å². The van der Waals surface area contributed by atoms with Crippen LogP contribution in [0.1, 0.15) is 12.8 Å². The van der Waals surface area contributed by atoms with Crippen LogP contribution in [0.4, 0.5) is 0 Å². The van der Waals surface area contributed by atoms with Crippen LogP contribution < -0.4 is 16.8 Å². The smallest absolute Gasteiger partial charge is 0.233 e. The first kappa shape index (κ1) is 11.1. The van der Waals surface area contributed by atoms with Gasteiger partial charge >= 0.3 is 0 Å². The highest BCUT2D eigenvalue weighted by Crippen LogP contribution is 1.86. The van der Waals surface area contributed by atoms with Gasteiger partial charge in [-0.3, -0.25) is 9.59 Å². The first-order chi connectivity index (χ1) is 5.70. The molecule has 0 bridgehead atoms. The molecule has 0 unspecified atom stereocenters. The van der Waals surface area contributed by atoms with Gasteiger partial charge in [0.05, 0.1) is 13.1 Å². The fourth-order valence-electron chi connectivity index (χ4n) is 0.688. The van der Waals surface area contributed by atoms with Crippen molar-refractivity contribution in [2.24, 2.45) is 11.5 Å². The number of rotatable bonds is 6. The quantitative estimate of drug-likeness (QED) is 0.420. The Labute approximate surface area is 71.5 Å². The molecule has 5 N–H and O–H groups in total. The normalized spacial score (nSPS) is 9.50. The van der Waals surface area contributed by atoms with Crippen molar-refractivity contribution < 1.29 is 9.59 Å². The van der Waals surface area contributed by atoms with Crippen LogP contribution in [0.2, 0.25) is 0 Å².